The van der Waals surface area contributed by atoms with E-state index in [2.05, 4.69) is 20.6 Å². The van der Waals surface area contributed by atoms with Crippen molar-refractivity contribution in [1.29, 1.82) is 0 Å². The molecule has 0 fully saturated rings. The van der Waals surface area contributed by atoms with Crippen molar-refractivity contribution in [3.8, 4) is 5.75 Å². The molecule has 1 heterocycles. The fourth-order valence-electron chi connectivity index (χ4n) is 2.28. The van der Waals surface area contributed by atoms with E-state index in [1.165, 1.54) is 12.1 Å². The zero-order chi connectivity index (χ0) is 18.9. The van der Waals surface area contributed by atoms with Crippen molar-refractivity contribution in [3.63, 3.8) is 0 Å². The molecular formula is C19H27FIN5O. The maximum absolute atomic E-state index is 13.2. The highest BCUT2D eigenvalue weighted by atomic mass is 127. The standard InChI is InChI=1S/C19H26FN5O.HI/c1-14(26-17-7-5-6-16(20)11-17)12-23-19(21-2)24-13-15-8-9-22-18(10-15)25(3)4;/h5-11,14H,12-13H2,1-4H3,(H2,21,23,24);1H. The number of ether oxygens (including phenoxy) is 1. The van der Waals surface area contributed by atoms with Gasteiger partial charge in [-0.05, 0) is 36.8 Å². The van der Waals surface area contributed by atoms with E-state index in [0.717, 1.165) is 11.4 Å². The number of benzene rings is 1. The molecule has 0 saturated heterocycles. The Morgan fingerprint density at radius 1 is 1.26 bits per heavy atom. The van der Waals surface area contributed by atoms with Crippen LogP contribution in [0.3, 0.4) is 0 Å². The second-order valence-electron chi connectivity index (χ2n) is 6.11. The monoisotopic (exact) mass is 487 g/mol. The van der Waals surface area contributed by atoms with Crippen molar-refractivity contribution >= 4 is 35.8 Å². The SMILES string of the molecule is CN=C(NCc1ccnc(N(C)C)c1)NCC(C)Oc1cccc(F)c1.I. The van der Waals surface area contributed by atoms with Gasteiger partial charge in [0.25, 0.3) is 0 Å². The van der Waals surface area contributed by atoms with Gasteiger partial charge in [-0.1, -0.05) is 6.07 Å². The molecule has 0 aliphatic heterocycles. The first-order valence-electron chi connectivity index (χ1n) is 8.47. The number of hydrogen-bond donors (Lipinski definition) is 2. The van der Waals surface area contributed by atoms with Crippen LogP contribution in [0, 0.1) is 5.82 Å². The number of pyridine rings is 1. The first-order valence-corrected chi connectivity index (χ1v) is 8.47. The van der Waals surface area contributed by atoms with Crippen LogP contribution in [0.5, 0.6) is 5.75 Å². The summed E-state index contributed by atoms with van der Waals surface area (Å²) in [7, 11) is 5.63. The second kappa shape index (κ2) is 11.6. The molecule has 0 radical (unpaired) electrons. The summed E-state index contributed by atoms with van der Waals surface area (Å²) in [6, 6.07) is 10.1. The van der Waals surface area contributed by atoms with Gasteiger partial charge in [-0.3, -0.25) is 4.99 Å². The van der Waals surface area contributed by atoms with Crippen molar-refractivity contribution in [2.24, 2.45) is 4.99 Å². The second-order valence-corrected chi connectivity index (χ2v) is 6.11. The summed E-state index contributed by atoms with van der Waals surface area (Å²) in [4.78, 5) is 10.5. The van der Waals surface area contributed by atoms with Crippen LogP contribution in [0.15, 0.2) is 47.6 Å². The van der Waals surface area contributed by atoms with Crippen molar-refractivity contribution in [1.82, 2.24) is 15.6 Å². The Labute approximate surface area is 177 Å². The molecule has 2 aromatic rings. The number of nitrogens with zero attached hydrogens (tertiary/aromatic N) is 3. The van der Waals surface area contributed by atoms with Gasteiger partial charge in [0.1, 0.15) is 23.5 Å². The van der Waals surface area contributed by atoms with Crippen LogP contribution >= 0.6 is 24.0 Å². The third-order valence-electron chi connectivity index (χ3n) is 3.64. The Bertz CT molecular complexity index is 742. The smallest absolute Gasteiger partial charge is 0.191 e. The third-order valence-corrected chi connectivity index (χ3v) is 3.64. The van der Waals surface area contributed by atoms with Gasteiger partial charge in [-0.25, -0.2) is 9.37 Å². The lowest BCUT2D eigenvalue weighted by Crippen LogP contribution is -2.41. The van der Waals surface area contributed by atoms with Gasteiger partial charge in [-0.15, -0.1) is 24.0 Å². The Kier molecular flexibility index (Phi) is 9.84. The maximum atomic E-state index is 13.2. The molecule has 0 bridgehead atoms. The van der Waals surface area contributed by atoms with Crippen LogP contribution in [-0.4, -0.2) is 44.7 Å². The van der Waals surface area contributed by atoms with E-state index in [0.29, 0.717) is 24.8 Å². The number of aromatic nitrogens is 1. The third kappa shape index (κ3) is 7.98. The summed E-state index contributed by atoms with van der Waals surface area (Å²) < 4.78 is 18.9. The number of nitrogens with one attached hydrogen (secondary N) is 2. The van der Waals surface area contributed by atoms with Crippen molar-refractivity contribution in [3.05, 3.63) is 54.0 Å². The van der Waals surface area contributed by atoms with Crippen molar-refractivity contribution in [2.45, 2.75) is 19.6 Å². The van der Waals surface area contributed by atoms with E-state index < -0.39 is 0 Å². The van der Waals surface area contributed by atoms with Gasteiger partial charge >= 0.3 is 0 Å². The van der Waals surface area contributed by atoms with E-state index in [1.54, 1.807) is 25.4 Å². The normalized spacial score (nSPS) is 12.0. The predicted molar refractivity (Wildman–Crippen MR) is 119 cm³/mol. The largest absolute Gasteiger partial charge is 0.489 e. The maximum Gasteiger partial charge on any atom is 0.191 e. The molecule has 2 N–H and O–H groups in total. The minimum absolute atomic E-state index is 0. The molecule has 27 heavy (non-hydrogen) atoms. The van der Waals surface area contributed by atoms with Crippen molar-refractivity contribution in [2.75, 3.05) is 32.6 Å². The molecule has 1 unspecified atom stereocenters. The quantitative estimate of drug-likeness (QED) is 0.357. The van der Waals surface area contributed by atoms with Gasteiger partial charge in [-0.2, -0.15) is 0 Å². The van der Waals surface area contributed by atoms with Crippen LogP contribution in [0.25, 0.3) is 0 Å². The van der Waals surface area contributed by atoms with Crippen molar-refractivity contribution < 1.29 is 9.13 Å². The highest BCUT2D eigenvalue weighted by molar-refractivity contribution is 14.0. The summed E-state index contributed by atoms with van der Waals surface area (Å²) >= 11 is 0. The minimum Gasteiger partial charge on any atom is -0.489 e. The van der Waals surface area contributed by atoms with Crippen LogP contribution in [0.1, 0.15) is 12.5 Å². The molecule has 2 rings (SSSR count). The molecule has 0 aliphatic carbocycles. The average Bonchev–Trinajstić information content (AvgIpc) is 2.62. The van der Waals surface area contributed by atoms with Crippen LogP contribution in [-0.2, 0) is 6.54 Å². The molecule has 0 saturated carbocycles. The number of anilines is 1. The summed E-state index contributed by atoms with van der Waals surface area (Å²) in [5.74, 6) is 1.78. The molecule has 0 spiro atoms. The molecule has 148 valence electrons. The summed E-state index contributed by atoms with van der Waals surface area (Å²) in [5.41, 5.74) is 1.11. The van der Waals surface area contributed by atoms with Gasteiger partial charge < -0.3 is 20.3 Å². The topological polar surface area (TPSA) is 61.8 Å². The molecule has 8 heteroatoms. The predicted octanol–water partition coefficient (Wildman–Crippen LogP) is 3.04. The van der Waals surface area contributed by atoms with Crippen LogP contribution in [0.2, 0.25) is 0 Å². The fraction of sp³-hybridized carbons (Fsp3) is 0.368. The van der Waals surface area contributed by atoms with E-state index in [4.69, 9.17) is 4.74 Å². The summed E-state index contributed by atoms with van der Waals surface area (Å²) in [5, 5.41) is 6.46. The minimum atomic E-state index is -0.311. The zero-order valence-electron chi connectivity index (χ0n) is 16.1. The average molecular weight is 487 g/mol. The number of halogens is 2. The summed E-state index contributed by atoms with van der Waals surface area (Å²) in [6.07, 6.45) is 1.65. The van der Waals surface area contributed by atoms with Crippen LogP contribution in [0.4, 0.5) is 10.2 Å². The fourth-order valence-corrected chi connectivity index (χ4v) is 2.28. The van der Waals surface area contributed by atoms with Crippen LogP contribution < -0.4 is 20.3 Å². The Morgan fingerprint density at radius 2 is 2.04 bits per heavy atom. The van der Waals surface area contributed by atoms with Gasteiger partial charge in [0.15, 0.2) is 5.96 Å². The molecular weight excluding hydrogens is 460 g/mol. The lowest BCUT2D eigenvalue weighted by atomic mass is 10.2. The Balaban J connectivity index is 0.00000364. The van der Waals surface area contributed by atoms with E-state index in [1.807, 2.05) is 38.1 Å². The molecule has 6 nitrogen and oxygen atoms in total. The van der Waals surface area contributed by atoms with Gasteiger partial charge in [0.05, 0.1) is 6.54 Å². The molecule has 1 aromatic carbocycles. The van der Waals surface area contributed by atoms with E-state index in [9.17, 15) is 4.39 Å². The van der Waals surface area contributed by atoms with E-state index in [-0.39, 0.29) is 35.9 Å². The first kappa shape index (κ1) is 22.9. The lowest BCUT2D eigenvalue weighted by Gasteiger charge is -2.18. The van der Waals surface area contributed by atoms with E-state index >= 15 is 0 Å². The summed E-state index contributed by atoms with van der Waals surface area (Å²) in [6.45, 7) is 3.08. The molecule has 1 atom stereocenters. The number of hydrogen-bond acceptors (Lipinski definition) is 4. The highest BCUT2D eigenvalue weighted by Crippen LogP contribution is 2.13. The molecule has 1 aromatic heterocycles. The number of guanidine groups is 1. The first-order chi connectivity index (χ1) is 12.5. The van der Waals surface area contributed by atoms with Gasteiger partial charge in [0.2, 0.25) is 0 Å². The van der Waals surface area contributed by atoms with Gasteiger partial charge in [0, 0.05) is 40.0 Å². The highest BCUT2D eigenvalue weighted by Gasteiger charge is 2.07. The number of rotatable bonds is 7. The Morgan fingerprint density at radius 3 is 2.70 bits per heavy atom. The lowest BCUT2D eigenvalue weighted by molar-refractivity contribution is 0.223. The molecule has 0 amide bonds. The Hall–Kier alpha value is -2.10. The number of aliphatic imine (C=N–C) groups is 1. The molecule has 0 aliphatic rings. The zero-order valence-corrected chi connectivity index (χ0v) is 18.4.